The molecular weight excluding hydrogens is 260 g/mol. The van der Waals surface area contributed by atoms with Crippen molar-refractivity contribution in [2.24, 2.45) is 0 Å². The van der Waals surface area contributed by atoms with Gasteiger partial charge in [0, 0.05) is 12.1 Å². The average molecular weight is 288 g/mol. The molecule has 1 aliphatic rings. The molecule has 21 heavy (non-hydrogen) atoms. The molecule has 0 bridgehead atoms. The molecule has 2 N–H and O–H groups in total. The SMILES string of the molecule is Cc1ccccc1[C@H](C)NCC(=O)NC1CCCCCC1. The number of hydrogen-bond acceptors (Lipinski definition) is 2. The normalized spacial score (nSPS) is 18.0. The van der Waals surface area contributed by atoms with E-state index in [9.17, 15) is 4.79 Å². The van der Waals surface area contributed by atoms with Crippen LogP contribution in [0.1, 0.15) is 62.6 Å². The van der Waals surface area contributed by atoms with E-state index in [-0.39, 0.29) is 11.9 Å². The maximum Gasteiger partial charge on any atom is 0.234 e. The van der Waals surface area contributed by atoms with Gasteiger partial charge >= 0.3 is 0 Å². The molecule has 1 fully saturated rings. The topological polar surface area (TPSA) is 41.1 Å². The van der Waals surface area contributed by atoms with Crippen molar-refractivity contribution in [2.45, 2.75) is 64.5 Å². The van der Waals surface area contributed by atoms with E-state index in [1.807, 2.05) is 12.1 Å². The Morgan fingerprint density at radius 3 is 2.52 bits per heavy atom. The highest BCUT2D eigenvalue weighted by molar-refractivity contribution is 5.78. The number of benzene rings is 1. The smallest absolute Gasteiger partial charge is 0.234 e. The van der Waals surface area contributed by atoms with Gasteiger partial charge in [0.2, 0.25) is 5.91 Å². The zero-order valence-electron chi connectivity index (χ0n) is 13.3. The van der Waals surface area contributed by atoms with Crippen LogP contribution in [0.15, 0.2) is 24.3 Å². The molecule has 1 saturated carbocycles. The third-order valence-electron chi connectivity index (χ3n) is 4.44. The standard InChI is InChI=1S/C18H28N2O/c1-14-9-7-8-12-17(14)15(2)19-13-18(21)20-16-10-5-3-4-6-11-16/h7-9,12,15-16,19H,3-6,10-11,13H2,1-2H3,(H,20,21)/t15-/m0/s1. The van der Waals surface area contributed by atoms with Crippen LogP contribution >= 0.6 is 0 Å². The molecule has 0 saturated heterocycles. The second kappa shape index (κ2) is 8.18. The van der Waals surface area contributed by atoms with Crippen molar-refractivity contribution in [1.29, 1.82) is 0 Å². The van der Waals surface area contributed by atoms with Gasteiger partial charge in [0.15, 0.2) is 0 Å². The van der Waals surface area contributed by atoms with Gasteiger partial charge in [0.25, 0.3) is 0 Å². The first-order chi connectivity index (χ1) is 10.2. The summed E-state index contributed by atoms with van der Waals surface area (Å²) in [7, 11) is 0. The third-order valence-corrected chi connectivity index (χ3v) is 4.44. The molecule has 0 aliphatic heterocycles. The van der Waals surface area contributed by atoms with Gasteiger partial charge in [-0.25, -0.2) is 0 Å². The molecule has 0 aromatic heterocycles. The molecule has 1 aromatic carbocycles. The Hall–Kier alpha value is -1.35. The van der Waals surface area contributed by atoms with Gasteiger partial charge < -0.3 is 10.6 Å². The Kier molecular flexibility index (Phi) is 6.24. The number of amides is 1. The van der Waals surface area contributed by atoms with E-state index >= 15 is 0 Å². The molecule has 116 valence electrons. The lowest BCUT2D eigenvalue weighted by molar-refractivity contribution is -0.121. The second-order valence-corrected chi connectivity index (χ2v) is 6.22. The Morgan fingerprint density at radius 1 is 1.19 bits per heavy atom. The number of rotatable bonds is 5. The van der Waals surface area contributed by atoms with Gasteiger partial charge in [-0.1, -0.05) is 49.9 Å². The maximum atomic E-state index is 12.1. The van der Waals surface area contributed by atoms with E-state index in [0.717, 1.165) is 12.8 Å². The van der Waals surface area contributed by atoms with Gasteiger partial charge in [-0.15, -0.1) is 0 Å². The predicted molar refractivity (Wildman–Crippen MR) is 87.2 cm³/mol. The van der Waals surface area contributed by atoms with Crippen LogP contribution in [0.3, 0.4) is 0 Å². The summed E-state index contributed by atoms with van der Waals surface area (Å²) in [5.41, 5.74) is 2.53. The number of carbonyl (C=O) groups excluding carboxylic acids is 1. The molecule has 0 spiro atoms. The van der Waals surface area contributed by atoms with Crippen molar-refractivity contribution in [3.05, 3.63) is 35.4 Å². The predicted octanol–water partition coefficient (Wildman–Crippen LogP) is 3.48. The number of carbonyl (C=O) groups is 1. The summed E-state index contributed by atoms with van der Waals surface area (Å²) in [4.78, 5) is 12.1. The highest BCUT2D eigenvalue weighted by Crippen LogP contribution is 2.18. The van der Waals surface area contributed by atoms with Crippen LogP contribution in [0, 0.1) is 6.92 Å². The molecule has 0 heterocycles. The van der Waals surface area contributed by atoms with Crippen molar-refractivity contribution >= 4 is 5.91 Å². The Labute approximate surface area is 128 Å². The van der Waals surface area contributed by atoms with E-state index in [1.165, 1.54) is 36.8 Å². The molecule has 3 heteroatoms. The Balaban J connectivity index is 1.76. The summed E-state index contributed by atoms with van der Waals surface area (Å²) in [6, 6.07) is 8.91. The molecule has 1 aliphatic carbocycles. The fraction of sp³-hybridized carbons (Fsp3) is 0.611. The lowest BCUT2D eigenvalue weighted by Gasteiger charge is -2.19. The monoisotopic (exact) mass is 288 g/mol. The Morgan fingerprint density at radius 2 is 1.86 bits per heavy atom. The summed E-state index contributed by atoms with van der Waals surface area (Å²) in [6.45, 7) is 4.62. The zero-order chi connectivity index (χ0) is 15.1. The molecule has 0 radical (unpaired) electrons. The number of hydrogen-bond donors (Lipinski definition) is 2. The van der Waals surface area contributed by atoms with Crippen LogP contribution in [-0.4, -0.2) is 18.5 Å². The van der Waals surface area contributed by atoms with Gasteiger partial charge in [0.1, 0.15) is 0 Å². The minimum Gasteiger partial charge on any atom is -0.352 e. The summed E-state index contributed by atoms with van der Waals surface area (Å²) < 4.78 is 0. The van der Waals surface area contributed by atoms with Crippen molar-refractivity contribution < 1.29 is 4.79 Å². The molecule has 0 unspecified atom stereocenters. The highest BCUT2D eigenvalue weighted by atomic mass is 16.1. The van der Waals surface area contributed by atoms with Crippen LogP contribution in [-0.2, 0) is 4.79 Å². The van der Waals surface area contributed by atoms with Gasteiger partial charge in [-0.3, -0.25) is 4.79 Å². The maximum absolute atomic E-state index is 12.1. The van der Waals surface area contributed by atoms with E-state index in [1.54, 1.807) is 0 Å². The average Bonchev–Trinajstić information content (AvgIpc) is 2.74. The largest absolute Gasteiger partial charge is 0.352 e. The lowest BCUT2D eigenvalue weighted by Crippen LogP contribution is -2.40. The van der Waals surface area contributed by atoms with Crippen LogP contribution < -0.4 is 10.6 Å². The molecule has 1 aromatic rings. The number of nitrogens with one attached hydrogen (secondary N) is 2. The second-order valence-electron chi connectivity index (χ2n) is 6.22. The first-order valence-corrected chi connectivity index (χ1v) is 8.25. The van der Waals surface area contributed by atoms with Crippen LogP contribution in [0.25, 0.3) is 0 Å². The van der Waals surface area contributed by atoms with E-state index < -0.39 is 0 Å². The highest BCUT2D eigenvalue weighted by Gasteiger charge is 2.15. The van der Waals surface area contributed by atoms with Crippen molar-refractivity contribution in [3.8, 4) is 0 Å². The summed E-state index contributed by atoms with van der Waals surface area (Å²) in [5.74, 6) is 0.127. The quantitative estimate of drug-likeness (QED) is 0.814. The lowest BCUT2D eigenvalue weighted by atomic mass is 10.0. The van der Waals surface area contributed by atoms with Crippen molar-refractivity contribution in [2.75, 3.05) is 6.54 Å². The Bertz CT molecular complexity index is 450. The van der Waals surface area contributed by atoms with Crippen molar-refractivity contribution in [3.63, 3.8) is 0 Å². The summed E-state index contributed by atoms with van der Waals surface area (Å²) >= 11 is 0. The summed E-state index contributed by atoms with van der Waals surface area (Å²) in [6.07, 6.45) is 7.40. The van der Waals surface area contributed by atoms with E-state index in [2.05, 4.69) is 36.6 Å². The number of aryl methyl sites for hydroxylation is 1. The van der Waals surface area contributed by atoms with Crippen LogP contribution in [0.4, 0.5) is 0 Å². The van der Waals surface area contributed by atoms with Crippen LogP contribution in [0.5, 0.6) is 0 Å². The molecule has 1 atom stereocenters. The minimum absolute atomic E-state index is 0.127. The molecule has 2 rings (SSSR count). The zero-order valence-corrected chi connectivity index (χ0v) is 13.3. The third kappa shape index (κ3) is 5.16. The van der Waals surface area contributed by atoms with Crippen LogP contribution in [0.2, 0.25) is 0 Å². The molecule has 3 nitrogen and oxygen atoms in total. The first-order valence-electron chi connectivity index (χ1n) is 8.25. The summed E-state index contributed by atoms with van der Waals surface area (Å²) in [5, 5.41) is 6.51. The molecule has 1 amide bonds. The van der Waals surface area contributed by atoms with E-state index in [0.29, 0.717) is 12.6 Å². The first kappa shape index (κ1) is 16.0. The van der Waals surface area contributed by atoms with E-state index in [4.69, 9.17) is 0 Å². The van der Waals surface area contributed by atoms with Gasteiger partial charge in [0.05, 0.1) is 6.54 Å². The minimum atomic E-state index is 0.127. The van der Waals surface area contributed by atoms with Crippen molar-refractivity contribution in [1.82, 2.24) is 10.6 Å². The van der Waals surface area contributed by atoms with Gasteiger partial charge in [-0.05, 0) is 37.8 Å². The fourth-order valence-electron chi connectivity index (χ4n) is 3.13. The molecular formula is C18H28N2O. The fourth-order valence-corrected chi connectivity index (χ4v) is 3.13. The van der Waals surface area contributed by atoms with Gasteiger partial charge in [-0.2, -0.15) is 0 Å².